The minimum Gasteiger partial charge on any atom is -0.147 e. The molecule has 0 atom stereocenters. The normalized spacial score (nSPS) is 9.64. The predicted octanol–water partition coefficient (Wildman–Crippen LogP) is 2.77. The Morgan fingerprint density at radius 3 is 1.64 bits per heavy atom. The topological polar surface area (TPSA) is 3.24 Å². The van der Waals surface area contributed by atoms with E-state index in [0.717, 1.165) is 0 Å². The molecule has 0 aromatic heterocycles. The monoisotopic (exact) mass is 212 g/mol. The maximum Gasteiger partial charge on any atom is -0.147 e. The summed E-state index contributed by atoms with van der Waals surface area (Å²) in [5, 5.41) is 0. The molecule has 0 bridgehead atoms. The minimum absolute atomic E-state index is 0. The molecule has 0 radical (unpaired) electrons. The molecule has 0 saturated carbocycles. The van der Waals surface area contributed by atoms with Crippen LogP contribution in [0.4, 0.5) is 0 Å². The molecule has 0 spiro atoms. The summed E-state index contributed by atoms with van der Waals surface area (Å²) in [5.41, 5.74) is 0. The van der Waals surface area contributed by atoms with Crippen molar-refractivity contribution >= 4 is 12.4 Å². The average molecular weight is 213 g/mol. The van der Waals surface area contributed by atoms with Crippen LogP contribution in [0.25, 0.3) is 0 Å². The molecule has 0 aromatic carbocycles. The molecule has 0 heterocycles. The molecule has 0 saturated heterocycles. The molecular formula is C8H19ClNTi. The van der Waals surface area contributed by atoms with Crippen LogP contribution in [0, 0.1) is 0 Å². The van der Waals surface area contributed by atoms with Gasteiger partial charge in [0.15, 0.2) is 0 Å². The molecule has 11 heavy (non-hydrogen) atoms. The van der Waals surface area contributed by atoms with E-state index in [0.29, 0.717) is 0 Å². The summed E-state index contributed by atoms with van der Waals surface area (Å²) >= 11 is 2.21. The van der Waals surface area contributed by atoms with Gasteiger partial charge in [0.1, 0.15) is 0 Å². The minimum atomic E-state index is 0. The Morgan fingerprint density at radius 1 is 1.00 bits per heavy atom. The van der Waals surface area contributed by atoms with Gasteiger partial charge in [-0.05, 0) is 0 Å². The first-order chi connectivity index (χ1) is 4.81. The van der Waals surface area contributed by atoms with Gasteiger partial charge in [-0.2, -0.15) is 0 Å². The van der Waals surface area contributed by atoms with Crippen LogP contribution in [-0.2, 0) is 20.7 Å². The first-order valence-corrected chi connectivity index (χ1v) is 4.97. The molecule has 0 N–H and O–H groups in total. The Hall–Kier alpha value is 0.964. The number of rotatable bonds is 6. The molecule has 67 valence electrons. The van der Waals surface area contributed by atoms with E-state index >= 15 is 0 Å². The van der Waals surface area contributed by atoms with Gasteiger partial charge in [0.25, 0.3) is 0 Å². The fourth-order valence-electron chi connectivity index (χ4n) is 0.810. The van der Waals surface area contributed by atoms with Crippen LogP contribution in [0.15, 0.2) is 0 Å². The van der Waals surface area contributed by atoms with E-state index in [2.05, 4.69) is 37.9 Å². The van der Waals surface area contributed by atoms with Crippen LogP contribution < -0.4 is 0 Å². The van der Waals surface area contributed by atoms with Crippen LogP contribution in [0.3, 0.4) is 0 Å². The first kappa shape index (κ1) is 14.5. The van der Waals surface area contributed by atoms with Gasteiger partial charge >= 0.3 is 76.7 Å². The second-order valence-corrected chi connectivity index (χ2v) is 3.68. The largest absolute Gasteiger partial charge is 0.147 e. The molecule has 0 aliphatic carbocycles. The second-order valence-electron chi connectivity index (χ2n) is 2.69. The fourth-order valence-corrected chi connectivity index (χ4v) is 1.30. The zero-order valence-corrected chi connectivity index (χ0v) is 9.98. The molecule has 0 amide bonds. The first-order valence-electron chi connectivity index (χ1n) is 4.27. The number of halogens is 1. The summed E-state index contributed by atoms with van der Waals surface area (Å²) in [6, 6.07) is 0. The van der Waals surface area contributed by atoms with Crippen molar-refractivity contribution in [3.05, 3.63) is 0 Å². The molecule has 0 unspecified atom stereocenters. The van der Waals surface area contributed by atoms with Gasteiger partial charge in [-0.25, -0.2) is 0 Å². The van der Waals surface area contributed by atoms with E-state index in [1.54, 1.807) is 0 Å². The molecule has 0 fully saturated rings. The molecular weight excluding hydrogens is 193 g/mol. The maximum atomic E-state index is 2.42. The van der Waals surface area contributed by atoms with Crippen molar-refractivity contribution in [3.8, 4) is 0 Å². The number of nitrogens with zero attached hydrogens (tertiary/aromatic N) is 1. The van der Waals surface area contributed by atoms with Gasteiger partial charge in [-0.1, -0.05) is 0 Å². The van der Waals surface area contributed by atoms with Crippen LogP contribution in [0.5, 0.6) is 0 Å². The van der Waals surface area contributed by atoms with Crippen LogP contribution in [-0.4, -0.2) is 16.5 Å². The Kier molecular flexibility index (Phi) is 14.4. The van der Waals surface area contributed by atoms with Crippen molar-refractivity contribution < 1.29 is 20.7 Å². The molecule has 3 heteroatoms. The van der Waals surface area contributed by atoms with Crippen molar-refractivity contribution in [1.82, 2.24) is 3.38 Å². The van der Waals surface area contributed by atoms with E-state index in [1.807, 2.05) is 0 Å². The van der Waals surface area contributed by atoms with Crippen molar-refractivity contribution in [2.45, 2.75) is 39.5 Å². The van der Waals surface area contributed by atoms with Gasteiger partial charge in [0, 0.05) is 0 Å². The van der Waals surface area contributed by atoms with Crippen molar-refractivity contribution in [3.63, 3.8) is 0 Å². The summed E-state index contributed by atoms with van der Waals surface area (Å²) in [6.07, 6.45) is 5.33. The Labute approximate surface area is 89.0 Å². The zero-order chi connectivity index (χ0) is 7.82. The second kappa shape index (κ2) is 11.0. The van der Waals surface area contributed by atoms with Gasteiger partial charge in [0.05, 0.1) is 0 Å². The van der Waals surface area contributed by atoms with Gasteiger partial charge in [-0.15, -0.1) is 12.4 Å². The van der Waals surface area contributed by atoms with Crippen molar-refractivity contribution in [1.29, 1.82) is 0 Å². The van der Waals surface area contributed by atoms with Crippen LogP contribution in [0.1, 0.15) is 39.5 Å². The van der Waals surface area contributed by atoms with Crippen LogP contribution in [0.2, 0.25) is 0 Å². The summed E-state index contributed by atoms with van der Waals surface area (Å²) in [4.78, 5) is 0. The molecule has 1 nitrogen and oxygen atoms in total. The number of hydrogen-bond acceptors (Lipinski definition) is 1. The third-order valence-corrected chi connectivity index (χ3v) is 2.26. The molecule has 0 aliphatic rings. The van der Waals surface area contributed by atoms with Crippen molar-refractivity contribution in [2.75, 3.05) is 13.1 Å². The summed E-state index contributed by atoms with van der Waals surface area (Å²) in [7, 11) is 0. The van der Waals surface area contributed by atoms with E-state index in [4.69, 9.17) is 0 Å². The third kappa shape index (κ3) is 11.0. The van der Waals surface area contributed by atoms with E-state index in [1.165, 1.54) is 38.8 Å². The number of hydrogen-bond donors (Lipinski definition) is 0. The van der Waals surface area contributed by atoms with Gasteiger partial charge in [-0.3, -0.25) is 0 Å². The number of unbranched alkanes of at least 4 members (excludes halogenated alkanes) is 2. The summed E-state index contributed by atoms with van der Waals surface area (Å²) in [5.74, 6) is 0. The van der Waals surface area contributed by atoms with E-state index in [-0.39, 0.29) is 12.4 Å². The Bertz CT molecular complexity index is 63.1. The molecule has 0 aromatic rings. The Morgan fingerprint density at radius 2 is 1.36 bits per heavy atom. The molecule has 0 aliphatic heterocycles. The average Bonchev–Trinajstić information content (AvgIpc) is 1.97. The smallest absolute Gasteiger partial charge is 0.147 e. The maximum absolute atomic E-state index is 2.42. The van der Waals surface area contributed by atoms with Gasteiger partial charge in [0.2, 0.25) is 0 Å². The predicted molar refractivity (Wildman–Crippen MR) is 48.6 cm³/mol. The quantitative estimate of drug-likeness (QED) is 0.612. The van der Waals surface area contributed by atoms with E-state index in [9.17, 15) is 0 Å². The van der Waals surface area contributed by atoms with E-state index < -0.39 is 0 Å². The third-order valence-electron chi connectivity index (χ3n) is 1.56. The Balaban J connectivity index is 0. The van der Waals surface area contributed by atoms with Crippen molar-refractivity contribution in [2.24, 2.45) is 0 Å². The summed E-state index contributed by atoms with van der Waals surface area (Å²) < 4.78 is 2.42. The fraction of sp³-hybridized carbons (Fsp3) is 1.00. The van der Waals surface area contributed by atoms with Gasteiger partial charge < -0.3 is 0 Å². The summed E-state index contributed by atoms with van der Waals surface area (Å²) in [6.45, 7) is 7.04. The SMILES string of the molecule is CCCC[N]([Ti])CCCC.Cl. The van der Waals surface area contributed by atoms with Crippen LogP contribution >= 0.6 is 12.4 Å². The molecule has 0 rings (SSSR count). The zero-order valence-electron chi connectivity index (χ0n) is 7.60. The standard InChI is InChI=1S/C8H18N.ClH.Ti/c1-3-5-7-9-8-6-4-2;;/h3-8H2,1-2H3;1H;/q-1;;+1.